The summed E-state index contributed by atoms with van der Waals surface area (Å²) in [4.78, 5) is 39.4. The molecule has 1 aromatic heterocycles. The summed E-state index contributed by atoms with van der Waals surface area (Å²) in [7, 11) is 0. The highest BCUT2D eigenvalue weighted by molar-refractivity contribution is 5.99. The van der Waals surface area contributed by atoms with E-state index in [0.29, 0.717) is 30.3 Å². The third-order valence-electron chi connectivity index (χ3n) is 6.69. The van der Waals surface area contributed by atoms with Gasteiger partial charge < -0.3 is 20.1 Å². The van der Waals surface area contributed by atoms with E-state index < -0.39 is 0 Å². The average Bonchev–Trinajstić information content (AvgIpc) is 2.83. The summed E-state index contributed by atoms with van der Waals surface area (Å²) in [6.45, 7) is 4.16. The monoisotopic (exact) mass is 456 g/mol. The molecule has 1 fully saturated rings. The number of fused-ring (bicyclic) bond motifs is 4. The van der Waals surface area contributed by atoms with Gasteiger partial charge in [0.25, 0.3) is 11.5 Å². The maximum absolute atomic E-state index is 12.8. The molecule has 0 radical (unpaired) electrons. The van der Waals surface area contributed by atoms with Crippen molar-refractivity contribution in [2.45, 2.75) is 32.4 Å². The number of aromatic nitrogens is 1. The van der Waals surface area contributed by atoms with E-state index in [1.165, 1.54) is 6.92 Å². The van der Waals surface area contributed by atoms with Crippen molar-refractivity contribution in [2.24, 2.45) is 5.92 Å². The SMILES string of the molecule is CC(=O)Nc1cc(C(=O)NCc2ccccc2)ccc1N1C[C@@H]2C[C@H](C1)c1cccc(=O)n1C2. The largest absolute Gasteiger partial charge is 0.369 e. The second kappa shape index (κ2) is 9.17. The van der Waals surface area contributed by atoms with Gasteiger partial charge in [0.2, 0.25) is 5.91 Å². The van der Waals surface area contributed by atoms with Crippen molar-refractivity contribution in [3.63, 3.8) is 0 Å². The van der Waals surface area contributed by atoms with Crippen LogP contribution >= 0.6 is 0 Å². The van der Waals surface area contributed by atoms with Crippen LogP contribution in [-0.2, 0) is 17.9 Å². The summed E-state index contributed by atoms with van der Waals surface area (Å²) < 4.78 is 1.91. The van der Waals surface area contributed by atoms with Gasteiger partial charge in [0.15, 0.2) is 0 Å². The Kier molecular flexibility index (Phi) is 5.92. The van der Waals surface area contributed by atoms with Crippen LogP contribution in [-0.4, -0.2) is 29.5 Å². The summed E-state index contributed by atoms with van der Waals surface area (Å²) in [5, 5.41) is 5.86. The van der Waals surface area contributed by atoms with Gasteiger partial charge in [-0.1, -0.05) is 36.4 Å². The van der Waals surface area contributed by atoms with Gasteiger partial charge in [-0.15, -0.1) is 0 Å². The molecule has 2 aromatic carbocycles. The quantitative estimate of drug-likeness (QED) is 0.617. The Morgan fingerprint density at radius 2 is 1.79 bits per heavy atom. The number of pyridine rings is 1. The standard InChI is InChI=1S/C27H28N4O3/c1-18(32)29-23-13-21(27(34)28-14-19-6-3-2-4-7-19)10-11-25(23)30-15-20-12-22(17-30)24-8-5-9-26(33)31(24)16-20/h2-11,13,20,22H,12,14-17H2,1H3,(H,28,34)(H,29,32)/t20-,22+/m0/s1. The van der Waals surface area contributed by atoms with Crippen LogP contribution in [0.25, 0.3) is 0 Å². The molecular weight excluding hydrogens is 428 g/mol. The van der Waals surface area contributed by atoms with E-state index in [1.54, 1.807) is 12.1 Å². The molecule has 7 nitrogen and oxygen atoms in total. The fourth-order valence-corrected chi connectivity index (χ4v) is 5.22. The minimum absolute atomic E-state index is 0.0606. The van der Waals surface area contributed by atoms with Crippen molar-refractivity contribution >= 4 is 23.2 Å². The molecule has 3 aromatic rings. The fraction of sp³-hybridized carbons (Fsp3) is 0.296. The number of nitrogens with zero attached hydrogens (tertiary/aromatic N) is 2. The number of piperidine rings is 1. The van der Waals surface area contributed by atoms with Crippen molar-refractivity contribution in [2.75, 3.05) is 23.3 Å². The zero-order valence-electron chi connectivity index (χ0n) is 19.2. The van der Waals surface area contributed by atoms with Gasteiger partial charge >= 0.3 is 0 Å². The number of benzene rings is 2. The number of nitrogens with one attached hydrogen (secondary N) is 2. The molecule has 3 heterocycles. The molecule has 2 bridgehead atoms. The second-order valence-electron chi connectivity index (χ2n) is 9.18. The van der Waals surface area contributed by atoms with E-state index in [-0.39, 0.29) is 23.3 Å². The first kappa shape index (κ1) is 21.9. The van der Waals surface area contributed by atoms with E-state index in [2.05, 4.69) is 15.5 Å². The smallest absolute Gasteiger partial charge is 0.251 e. The summed E-state index contributed by atoms with van der Waals surface area (Å²) in [6, 6.07) is 20.7. The predicted octanol–water partition coefficient (Wildman–Crippen LogP) is 3.36. The number of carbonyl (C=O) groups is 2. The Labute approximate surface area is 198 Å². The van der Waals surface area contributed by atoms with Crippen LogP contribution in [0.15, 0.2) is 71.5 Å². The van der Waals surface area contributed by atoms with Gasteiger partial charge in [0, 0.05) is 56.3 Å². The van der Waals surface area contributed by atoms with Gasteiger partial charge in [0.05, 0.1) is 11.4 Å². The lowest BCUT2D eigenvalue weighted by Gasteiger charge is -2.44. The molecule has 2 amide bonds. The third kappa shape index (κ3) is 4.46. The zero-order chi connectivity index (χ0) is 23.7. The van der Waals surface area contributed by atoms with Crippen molar-refractivity contribution in [3.05, 3.63) is 93.9 Å². The normalized spacial score (nSPS) is 18.7. The number of anilines is 2. The highest BCUT2D eigenvalue weighted by atomic mass is 16.2. The average molecular weight is 457 g/mol. The Balaban J connectivity index is 1.39. The number of rotatable bonds is 5. The molecular formula is C27H28N4O3. The lowest BCUT2D eigenvalue weighted by Crippen LogP contribution is -2.47. The summed E-state index contributed by atoms with van der Waals surface area (Å²) in [6.07, 6.45) is 1.05. The molecule has 5 rings (SSSR count). The Bertz CT molecular complexity index is 1280. The first-order chi connectivity index (χ1) is 16.5. The van der Waals surface area contributed by atoms with Crippen LogP contribution < -0.4 is 21.1 Å². The van der Waals surface area contributed by atoms with Crippen molar-refractivity contribution in [3.8, 4) is 0 Å². The Morgan fingerprint density at radius 3 is 2.59 bits per heavy atom. The van der Waals surface area contributed by atoms with E-state index in [0.717, 1.165) is 36.5 Å². The second-order valence-corrected chi connectivity index (χ2v) is 9.18. The highest BCUT2D eigenvalue weighted by Gasteiger charge is 2.35. The predicted molar refractivity (Wildman–Crippen MR) is 132 cm³/mol. The minimum Gasteiger partial charge on any atom is -0.369 e. The lowest BCUT2D eigenvalue weighted by atomic mass is 9.83. The number of carbonyl (C=O) groups excluding carboxylic acids is 2. The molecule has 1 saturated heterocycles. The molecule has 174 valence electrons. The molecule has 7 heteroatoms. The topological polar surface area (TPSA) is 83.4 Å². The summed E-state index contributed by atoms with van der Waals surface area (Å²) in [5.41, 5.74) is 4.18. The maximum atomic E-state index is 12.8. The summed E-state index contributed by atoms with van der Waals surface area (Å²) in [5.74, 6) is 0.230. The molecule has 0 unspecified atom stereocenters. The van der Waals surface area contributed by atoms with Crippen LogP contribution in [0.2, 0.25) is 0 Å². The molecule has 34 heavy (non-hydrogen) atoms. The number of hydrogen-bond donors (Lipinski definition) is 2. The van der Waals surface area contributed by atoms with Crippen LogP contribution in [0.1, 0.15) is 40.9 Å². The van der Waals surface area contributed by atoms with Crippen molar-refractivity contribution < 1.29 is 9.59 Å². The molecule has 2 aliphatic heterocycles. The van der Waals surface area contributed by atoms with Gasteiger partial charge in [-0.2, -0.15) is 0 Å². The number of amides is 2. The molecule has 2 N–H and O–H groups in total. The molecule has 0 saturated carbocycles. The lowest BCUT2D eigenvalue weighted by molar-refractivity contribution is -0.114. The van der Waals surface area contributed by atoms with E-state index in [4.69, 9.17) is 0 Å². The van der Waals surface area contributed by atoms with E-state index in [1.807, 2.05) is 59.2 Å². The van der Waals surface area contributed by atoms with E-state index in [9.17, 15) is 14.4 Å². The van der Waals surface area contributed by atoms with Gasteiger partial charge in [0.1, 0.15) is 0 Å². The van der Waals surface area contributed by atoms with Crippen LogP contribution in [0, 0.1) is 5.92 Å². The third-order valence-corrected chi connectivity index (χ3v) is 6.69. The molecule has 0 spiro atoms. The highest BCUT2D eigenvalue weighted by Crippen LogP contribution is 2.39. The zero-order valence-corrected chi connectivity index (χ0v) is 19.2. The minimum atomic E-state index is -0.189. The van der Waals surface area contributed by atoms with E-state index >= 15 is 0 Å². The van der Waals surface area contributed by atoms with Gasteiger partial charge in [-0.25, -0.2) is 0 Å². The van der Waals surface area contributed by atoms with Crippen molar-refractivity contribution in [1.29, 1.82) is 0 Å². The number of hydrogen-bond acceptors (Lipinski definition) is 4. The molecule has 2 atom stereocenters. The van der Waals surface area contributed by atoms with Gasteiger partial charge in [-0.3, -0.25) is 14.4 Å². The first-order valence-electron chi connectivity index (χ1n) is 11.7. The summed E-state index contributed by atoms with van der Waals surface area (Å²) >= 11 is 0. The molecule has 0 aliphatic carbocycles. The van der Waals surface area contributed by atoms with Crippen LogP contribution in [0.5, 0.6) is 0 Å². The van der Waals surface area contributed by atoms with Gasteiger partial charge in [-0.05, 0) is 42.2 Å². The first-order valence-corrected chi connectivity index (χ1v) is 11.7. The Morgan fingerprint density at radius 1 is 0.971 bits per heavy atom. The fourth-order valence-electron chi connectivity index (χ4n) is 5.22. The van der Waals surface area contributed by atoms with Crippen LogP contribution in [0.3, 0.4) is 0 Å². The molecule has 2 aliphatic rings. The van der Waals surface area contributed by atoms with Crippen molar-refractivity contribution in [1.82, 2.24) is 9.88 Å². The Hall–Kier alpha value is -3.87. The van der Waals surface area contributed by atoms with Crippen LogP contribution in [0.4, 0.5) is 11.4 Å². The maximum Gasteiger partial charge on any atom is 0.251 e.